The van der Waals surface area contributed by atoms with E-state index in [0.717, 1.165) is 5.69 Å². The molecule has 2 rings (SSSR count). The molecule has 1 aromatic carbocycles. The molecule has 2 aromatic rings. The lowest BCUT2D eigenvalue weighted by Crippen LogP contribution is -2.09. The first-order chi connectivity index (χ1) is 8.49. The summed E-state index contributed by atoms with van der Waals surface area (Å²) in [4.78, 5) is 5.63. The lowest BCUT2D eigenvalue weighted by Gasteiger charge is -2.19. The van der Waals surface area contributed by atoms with Crippen LogP contribution in [0.1, 0.15) is 40.2 Å². The normalized spacial score (nSPS) is 12.5. The molecular weight excluding hydrogens is 240 g/mol. The van der Waals surface area contributed by atoms with Gasteiger partial charge < -0.3 is 5.32 Å². The predicted octanol–water partition coefficient (Wildman–Crippen LogP) is 4.55. The van der Waals surface area contributed by atoms with Crippen LogP contribution in [0.25, 0.3) is 0 Å². The molecule has 1 aromatic heterocycles. The summed E-state index contributed by atoms with van der Waals surface area (Å²) in [7, 11) is 0. The highest BCUT2D eigenvalue weighted by atomic mass is 32.1. The summed E-state index contributed by atoms with van der Waals surface area (Å²) >= 11 is 1.72. The SMILES string of the molecule is Cc1cc(C)c(NC(C)c2scnc2C)c(C)c1. The summed E-state index contributed by atoms with van der Waals surface area (Å²) in [6.45, 7) is 10.7. The largest absolute Gasteiger partial charge is 0.377 e. The molecule has 0 saturated carbocycles. The molecule has 0 fully saturated rings. The lowest BCUT2D eigenvalue weighted by atomic mass is 10.0. The molecule has 0 saturated heterocycles. The van der Waals surface area contributed by atoms with Gasteiger partial charge in [0, 0.05) is 10.6 Å². The number of aromatic nitrogens is 1. The fourth-order valence-corrected chi connectivity index (χ4v) is 3.23. The van der Waals surface area contributed by atoms with Gasteiger partial charge in [0.2, 0.25) is 0 Å². The van der Waals surface area contributed by atoms with Gasteiger partial charge in [-0.1, -0.05) is 17.7 Å². The number of hydrogen-bond acceptors (Lipinski definition) is 3. The summed E-state index contributed by atoms with van der Waals surface area (Å²) in [5.74, 6) is 0. The smallest absolute Gasteiger partial charge is 0.0798 e. The average Bonchev–Trinajstić information content (AvgIpc) is 2.69. The minimum absolute atomic E-state index is 0.303. The van der Waals surface area contributed by atoms with Gasteiger partial charge in [-0.2, -0.15) is 0 Å². The zero-order valence-corrected chi connectivity index (χ0v) is 12.5. The number of nitrogens with one attached hydrogen (secondary N) is 1. The Hall–Kier alpha value is -1.35. The topological polar surface area (TPSA) is 24.9 Å². The first-order valence-corrected chi connectivity index (χ1v) is 7.11. The maximum Gasteiger partial charge on any atom is 0.0798 e. The van der Waals surface area contributed by atoms with Gasteiger partial charge in [0.1, 0.15) is 0 Å². The quantitative estimate of drug-likeness (QED) is 0.875. The van der Waals surface area contributed by atoms with E-state index in [1.165, 1.54) is 27.3 Å². The highest BCUT2D eigenvalue weighted by Gasteiger charge is 2.13. The standard InChI is InChI=1S/C15H20N2S/c1-9-6-10(2)14(11(3)7-9)17-13(5)15-12(4)16-8-18-15/h6-8,13,17H,1-5H3. The summed E-state index contributed by atoms with van der Waals surface area (Å²) in [5, 5.41) is 3.62. The van der Waals surface area contributed by atoms with Crippen molar-refractivity contribution in [2.24, 2.45) is 0 Å². The second-order valence-electron chi connectivity index (χ2n) is 4.94. The zero-order valence-electron chi connectivity index (χ0n) is 11.7. The molecule has 0 bridgehead atoms. The third-order valence-corrected chi connectivity index (χ3v) is 4.33. The molecule has 0 aliphatic rings. The zero-order chi connectivity index (χ0) is 13.3. The molecule has 1 atom stereocenters. The Kier molecular flexibility index (Phi) is 3.71. The van der Waals surface area contributed by atoms with Crippen molar-refractivity contribution in [1.29, 1.82) is 0 Å². The van der Waals surface area contributed by atoms with Crippen LogP contribution in [0.5, 0.6) is 0 Å². The van der Waals surface area contributed by atoms with E-state index in [2.05, 4.69) is 57.1 Å². The van der Waals surface area contributed by atoms with Crippen LogP contribution in [0.15, 0.2) is 17.6 Å². The van der Waals surface area contributed by atoms with Crippen LogP contribution in [-0.4, -0.2) is 4.98 Å². The molecule has 0 radical (unpaired) electrons. The number of nitrogens with zero attached hydrogens (tertiary/aromatic N) is 1. The van der Waals surface area contributed by atoms with Gasteiger partial charge in [0.25, 0.3) is 0 Å². The predicted molar refractivity (Wildman–Crippen MR) is 79.5 cm³/mol. The molecular formula is C15H20N2S. The van der Waals surface area contributed by atoms with Gasteiger partial charge >= 0.3 is 0 Å². The van der Waals surface area contributed by atoms with Crippen LogP contribution >= 0.6 is 11.3 Å². The van der Waals surface area contributed by atoms with Gasteiger partial charge in [0.05, 0.1) is 17.2 Å². The van der Waals surface area contributed by atoms with Crippen molar-refractivity contribution < 1.29 is 0 Å². The Labute approximate surface area is 113 Å². The first kappa shape index (κ1) is 13.1. The van der Waals surface area contributed by atoms with Crippen LogP contribution in [0.3, 0.4) is 0 Å². The molecule has 3 heteroatoms. The van der Waals surface area contributed by atoms with Crippen molar-refractivity contribution in [3.63, 3.8) is 0 Å². The van der Waals surface area contributed by atoms with Crippen LogP contribution in [0.4, 0.5) is 5.69 Å². The minimum Gasteiger partial charge on any atom is -0.377 e. The second-order valence-corrected chi connectivity index (χ2v) is 5.83. The molecule has 0 spiro atoms. The Morgan fingerprint density at radius 2 is 1.72 bits per heavy atom. The molecule has 2 nitrogen and oxygen atoms in total. The van der Waals surface area contributed by atoms with Gasteiger partial charge in [0.15, 0.2) is 0 Å². The summed E-state index contributed by atoms with van der Waals surface area (Å²) in [6.07, 6.45) is 0. The molecule has 0 aliphatic carbocycles. The first-order valence-electron chi connectivity index (χ1n) is 6.23. The Morgan fingerprint density at radius 3 is 2.22 bits per heavy atom. The van der Waals surface area contributed by atoms with Crippen LogP contribution in [0, 0.1) is 27.7 Å². The number of aryl methyl sites for hydroxylation is 4. The highest BCUT2D eigenvalue weighted by Crippen LogP contribution is 2.29. The van der Waals surface area contributed by atoms with E-state index in [9.17, 15) is 0 Å². The van der Waals surface area contributed by atoms with Crippen molar-refractivity contribution in [2.45, 2.75) is 40.7 Å². The Balaban J connectivity index is 2.27. The third-order valence-electron chi connectivity index (χ3n) is 3.21. The maximum absolute atomic E-state index is 4.32. The molecule has 1 N–H and O–H groups in total. The molecule has 1 heterocycles. The van der Waals surface area contributed by atoms with Crippen LogP contribution in [0.2, 0.25) is 0 Å². The summed E-state index contributed by atoms with van der Waals surface area (Å²) in [5.41, 5.74) is 8.22. The summed E-state index contributed by atoms with van der Waals surface area (Å²) < 4.78 is 0. The van der Waals surface area contributed by atoms with E-state index in [1.54, 1.807) is 11.3 Å². The van der Waals surface area contributed by atoms with Crippen LogP contribution < -0.4 is 5.32 Å². The van der Waals surface area contributed by atoms with Gasteiger partial charge in [-0.25, -0.2) is 4.98 Å². The van der Waals surface area contributed by atoms with E-state index < -0.39 is 0 Å². The molecule has 96 valence electrons. The number of rotatable bonds is 3. The number of benzene rings is 1. The fourth-order valence-electron chi connectivity index (χ4n) is 2.42. The van der Waals surface area contributed by atoms with Gasteiger partial charge in [-0.3, -0.25) is 0 Å². The average molecular weight is 260 g/mol. The van der Waals surface area contributed by atoms with Crippen molar-refractivity contribution in [3.05, 3.63) is 44.9 Å². The Bertz CT molecular complexity index is 534. The molecule has 1 unspecified atom stereocenters. The maximum atomic E-state index is 4.32. The Morgan fingerprint density at radius 1 is 1.11 bits per heavy atom. The minimum atomic E-state index is 0.303. The monoisotopic (exact) mass is 260 g/mol. The van der Waals surface area contributed by atoms with Crippen molar-refractivity contribution in [2.75, 3.05) is 5.32 Å². The number of thiazole rings is 1. The van der Waals surface area contributed by atoms with E-state index in [-0.39, 0.29) is 0 Å². The highest BCUT2D eigenvalue weighted by molar-refractivity contribution is 7.09. The lowest BCUT2D eigenvalue weighted by molar-refractivity contribution is 0.885. The van der Waals surface area contributed by atoms with Crippen molar-refractivity contribution in [3.8, 4) is 0 Å². The third kappa shape index (κ3) is 2.56. The second kappa shape index (κ2) is 5.11. The van der Waals surface area contributed by atoms with E-state index >= 15 is 0 Å². The molecule has 0 amide bonds. The van der Waals surface area contributed by atoms with Crippen molar-refractivity contribution >= 4 is 17.0 Å². The molecule has 0 aliphatic heterocycles. The number of hydrogen-bond donors (Lipinski definition) is 1. The summed E-state index contributed by atoms with van der Waals surface area (Å²) in [6, 6.07) is 4.75. The van der Waals surface area contributed by atoms with Crippen molar-refractivity contribution in [1.82, 2.24) is 4.98 Å². The van der Waals surface area contributed by atoms with Gasteiger partial charge in [-0.05, 0) is 45.7 Å². The van der Waals surface area contributed by atoms with Gasteiger partial charge in [-0.15, -0.1) is 11.3 Å². The van der Waals surface area contributed by atoms with E-state index in [1.807, 2.05) is 5.51 Å². The molecule has 18 heavy (non-hydrogen) atoms. The van der Waals surface area contributed by atoms with Crippen LogP contribution in [-0.2, 0) is 0 Å². The van der Waals surface area contributed by atoms with E-state index in [0.29, 0.717) is 6.04 Å². The van der Waals surface area contributed by atoms with E-state index in [4.69, 9.17) is 0 Å². The number of anilines is 1. The fraction of sp³-hybridized carbons (Fsp3) is 0.400.